The third kappa shape index (κ3) is 2.86. The van der Waals surface area contributed by atoms with Crippen molar-refractivity contribution in [1.82, 2.24) is 10.3 Å². The maximum Gasteiger partial charge on any atom is 0.115 e. The number of nitrogens with zero attached hydrogens (tertiary/aromatic N) is 1. The van der Waals surface area contributed by atoms with E-state index < -0.39 is 0 Å². The van der Waals surface area contributed by atoms with Crippen molar-refractivity contribution in [3.63, 3.8) is 0 Å². The third-order valence-electron chi connectivity index (χ3n) is 3.89. The molecular weight excluding hydrogens is 268 g/mol. The minimum absolute atomic E-state index is 0.333. The standard InChI is InChI=1S/C16H20N2OS/c1-2-13-9-18-16(20-13)10-17-15-5-3-4-11-6-7-12(19)8-14(11)15/h6-9,15,17,19H,2-5,10H2,1H3/t15-/m0/s1. The zero-order valence-electron chi connectivity index (χ0n) is 11.7. The molecule has 2 aromatic rings. The van der Waals surface area contributed by atoms with Crippen LogP contribution in [0.1, 0.15) is 46.8 Å². The fourth-order valence-corrected chi connectivity index (χ4v) is 3.62. The van der Waals surface area contributed by atoms with Gasteiger partial charge in [-0.15, -0.1) is 11.3 Å². The van der Waals surface area contributed by atoms with Crippen molar-refractivity contribution in [3.05, 3.63) is 45.4 Å². The van der Waals surface area contributed by atoms with E-state index in [-0.39, 0.29) is 0 Å². The van der Waals surface area contributed by atoms with Gasteiger partial charge in [-0.2, -0.15) is 0 Å². The Hall–Kier alpha value is -1.39. The molecule has 4 heteroatoms. The molecule has 2 N–H and O–H groups in total. The number of phenols is 1. The normalized spacial score (nSPS) is 17.9. The summed E-state index contributed by atoms with van der Waals surface area (Å²) in [6, 6.07) is 6.08. The van der Waals surface area contributed by atoms with Crippen molar-refractivity contribution in [2.45, 2.75) is 45.2 Å². The molecule has 0 saturated carbocycles. The van der Waals surface area contributed by atoms with Gasteiger partial charge in [-0.1, -0.05) is 13.0 Å². The van der Waals surface area contributed by atoms with Gasteiger partial charge in [-0.05, 0) is 48.9 Å². The molecule has 0 amide bonds. The largest absolute Gasteiger partial charge is 0.508 e. The summed E-state index contributed by atoms with van der Waals surface area (Å²) < 4.78 is 0. The van der Waals surface area contributed by atoms with Crippen LogP contribution in [0.4, 0.5) is 0 Å². The van der Waals surface area contributed by atoms with E-state index in [9.17, 15) is 5.11 Å². The second-order valence-electron chi connectivity index (χ2n) is 5.28. The predicted octanol–water partition coefficient (Wildman–Crippen LogP) is 3.58. The molecule has 1 atom stereocenters. The van der Waals surface area contributed by atoms with Crippen molar-refractivity contribution < 1.29 is 5.11 Å². The van der Waals surface area contributed by atoms with Crippen LogP contribution < -0.4 is 5.32 Å². The van der Waals surface area contributed by atoms with Gasteiger partial charge >= 0.3 is 0 Å². The number of benzene rings is 1. The summed E-state index contributed by atoms with van der Waals surface area (Å²) in [7, 11) is 0. The van der Waals surface area contributed by atoms with Gasteiger partial charge in [0.15, 0.2) is 0 Å². The van der Waals surface area contributed by atoms with Crippen molar-refractivity contribution in [1.29, 1.82) is 0 Å². The zero-order chi connectivity index (χ0) is 13.9. The van der Waals surface area contributed by atoms with Gasteiger partial charge in [-0.3, -0.25) is 0 Å². The SMILES string of the molecule is CCc1cnc(CN[C@H]2CCCc3ccc(O)cc32)s1. The molecule has 0 spiro atoms. The summed E-state index contributed by atoms with van der Waals surface area (Å²) >= 11 is 1.78. The van der Waals surface area contributed by atoms with Crippen LogP contribution in [0.15, 0.2) is 24.4 Å². The van der Waals surface area contributed by atoms with Crippen LogP contribution in [0, 0.1) is 0 Å². The predicted molar refractivity (Wildman–Crippen MR) is 82.1 cm³/mol. The number of fused-ring (bicyclic) bond motifs is 1. The molecule has 1 aromatic heterocycles. The number of aryl methyl sites for hydroxylation is 2. The molecule has 0 fully saturated rings. The molecule has 0 bridgehead atoms. The van der Waals surface area contributed by atoms with Crippen LogP contribution in [0.25, 0.3) is 0 Å². The van der Waals surface area contributed by atoms with Crippen LogP contribution in [-0.4, -0.2) is 10.1 Å². The molecule has 3 nitrogen and oxygen atoms in total. The van der Waals surface area contributed by atoms with Gasteiger partial charge < -0.3 is 10.4 Å². The summed E-state index contributed by atoms with van der Waals surface area (Å²) in [5, 5.41) is 14.4. The van der Waals surface area contributed by atoms with Crippen LogP contribution in [0.3, 0.4) is 0 Å². The van der Waals surface area contributed by atoms with E-state index in [1.807, 2.05) is 12.3 Å². The van der Waals surface area contributed by atoms with Gasteiger partial charge in [0.05, 0.1) is 0 Å². The molecule has 106 valence electrons. The van der Waals surface area contributed by atoms with E-state index in [1.54, 1.807) is 17.4 Å². The van der Waals surface area contributed by atoms with E-state index in [4.69, 9.17) is 0 Å². The lowest BCUT2D eigenvalue weighted by Gasteiger charge is -2.26. The van der Waals surface area contributed by atoms with Gasteiger partial charge in [-0.25, -0.2) is 4.98 Å². The highest BCUT2D eigenvalue weighted by Crippen LogP contribution is 2.32. The molecule has 1 heterocycles. The molecule has 1 aromatic carbocycles. The summed E-state index contributed by atoms with van der Waals surface area (Å²) in [6.07, 6.45) is 6.47. The minimum Gasteiger partial charge on any atom is -0.508 e. The second-order valence-corrected chi connectivity index (χ2v) is 6.48. The molecule has 1 aliphatic rings. The van der Waals surface area contributed by atoms with Crippen LogP contribution in [0.2, 0.25) is 0 Å². The number of thiazole rings is 1. The summed E-state index contributed by atoms with van der Waals surface area (Å²) in [6.45, 7) is 2.97. The maximum absolute atomic E-state index is 9.69. The number of rotatable bonds is 4. The molecular formula is C16H20N2OS. The lowest BCUT2D eigenvalue weighted by Crippen LogP contribution is -2.24. The highest BCUT2D eigenvalue weighted by Gasteiger charge is 2.20. The van der Waals surface area contributed by atoms with E-state index in [0.29, 0.717) is 11.8 Å². The second kappa shape index (κ2) is 5.94. The number of phenolic OH excluding ortho intramolecular Hbond substituents is 1. The highest BCUT2D eigenvalue weighted by molar-refractivity contribution is 7.11. The van der Waals surface area contributed by atoms with Crippen LogP contribution >= 0.6 is 11.3 Å². The Morgan fingerprint density at radius 2 is 2.35 bits per heavy atom. The first kappa shape index (κ1) is 13.6. The molecule has 0 unspecified atom stereocenters. The highest BCUT2D eigenvalue weighted by atomic mass is 32.1. The van der Waals surface area contributed by atoms with Crippen molar-refractivity contribution in [2.75, 3.05) is 0 Å². The molecule has 3 rings (SSSR count). The first-order chi connectivity index (χ1) is 9.76. The van der Waals surface area contributed by atoms with Gasteiger partial charge in [0.2, 0.25) is 0 Å². The topological polar surface area (TPSA) is 45.2 Å². The number of hydrogen-bond acceptors (Lipinski definition) is 4. The Balaban J connectivity index is 1.71. The van der Waals surface area contributed by atoms with Gasteiger partial charge in [0.25, 0.3) is 0 Å². The average molecular weight is 288 g/mol. The molecule has 0 radical (unpaired) electrons. The quantitative estimate of drug-likeness (QED) is 0.904. The Morgan fingerprint density at radius 3 is 3.15 bits per heavy atom. The van der Waals surface area contributed by atoms with Crippen molar-refractivity contribution in [2.24, 2.45) is 0 Å². The Bertz CT molecular complexity index is 594. The minimum atomic E-state index is 0.333. The molecule has 1 aliphatic carbocycles. The monoisotopic (exact) mass is 288 g/mol. The Labute approximate surface area is 123 Å². The fourth-order valence-electron chi connectivity index (χ4n) is 2.80. The zero-order valence-corrected chi connectivity index (χ0v) is 12.5. The lowest BCUT2D eigenvalue weighted by molar-refractivity contribution is 0.445. The summed E-state index contributed by atoms with van der Waals surface area (Å²) in [5.74, 6) is 0.361. The average Bonchev–Trinajstić information content (AvgIpc) is 2.93. The summed E-state index contributed by atoms with van der Waals surface area (Å²) in [5.41, 5.74) is 2.61. The smallest absolute Gasteiger partial charge is 0.115 e. The maximum atomic E-state index is 9.69. The molecule has 20 heavy (non-hydrogen) atoms. The number of nitrogens with one attached hydrogen (secondary N) is 1. The lowest BCUT2D eigenvalue weighted by atomic mass is 9.87. The van der Waals surface area contributed by atoms with Crippen LogP contribution in [0.5, 0.6) is 5.75 Å². The number of aromatic hydroxyl groups is 1. The Kier molecular flexibility index (Phi) is 4.03. The third-order valence-corrected chi connectivity index (χ3v) is 5.04. The van der Waals surface area contributed by atoms with E-state index in [1.165, 1.54) is 22.4 Å². The molecule has 0 saturated heterocycles. The van der Waals surface area contributed by atoms with Gasteiger partial charge in [0.1, 0.15) is 10.8 Å². The fraction of sp³-hybridized carbons (Fsp3) is 0.438. The first-order valence-corrected chi connectivity index (χ1v) is 8.06. The van der Waals surface area contributed by atoms with E-state index in [2.05, 4.69) is 23.3 Å². The number of hydrogen-bond donors (Lipinski definition) is 2. The number of aromatic nitrogens is 1. The summed E-state index contributed by atoms with van der Waals surface area (Å²) in [4.78, 5) is 5.79. The van der Waals surface area contributed by atoms with Crippen molar-refractivity contribution >= 4 is 11.3 Å². The van der Waals surface area contributed by atoms with Crippen molar-refractivity contribution in [3.8, 4) is 5.75 Å². The molecule has 0 aliphatic heterocycles. The van der Waals surface area contributed by atoms with Crippen LogP contribution in [-0.2, 0) is 19.4 Å². The first-order valence-electron chi connectivity index (χ1n) is 7.25. The van der Waals surface area contributed by atoms with E-state index >= 15 is 0 Å². The van der Waals surface area contributed by atoms with E-state index in [0.717, 1.165) is 30.8 Å². The Morgan fingerprint density at radius 1 is 1.45 bits per heavy atom. The van der Waals surface area contributed by atoms with Gasteiger partial charge in [0, 0.05) is 23.7 Å².